The molecule has 13 heavy (non-hydrogen) atoms. The average molecular weight is 246 g/mol. The molecule has 2 nitrogen and oxygen atoms in total. The predicted octanol–water partition coefficient (Wildman–Crippen LogP) is 2.69. The molecule has 0 aromatic rings. The zero-order chi connectivity index (χ0) is 9.68. The molecule has 1 amide bonds. The number of carbonyl (C=O) groups is 1. The molecule has 0 saturated carbocycles. The minimum atomic E-state index is 0.278. The molecular formula is C10H16BrNO. The molecule has 1 heterocycles. The first-order chi connectivity index (χ1) is 6.20. The van der Waals surface area contributed by atoms with Gasteiger partial charge in [-0.05, 0) is 12.8 Å². The van der Waals surface area contributed by atoms with Gasteiger partial charge in [-0.1, -0.05) is 35.4 Å². The van der Waals surface area contributed by atoms with Crippen LogP contribution >= 0.6 is 15.9 Å². The van der Waals surface area contributed by atoms with Gasteiger partial charge in [-0.3, -0.25) is 4.79 Å². The summed E-state index contributed by atoms with van der Waals surface area (Å²) >= 11 is 3.29. The topological polar surface area (TPSA) is 20.3 Å². The van der Waals surface area contributed by atoms with E-state index in [0.29, 0.717) is 13.0 Å². The van der Waals surface area contributed by atoms with E-state index in [-0.39, 0.29) is 5.91 Å². The van der Waals surface area contributed by atoms with Crippen LogP contribution in [0.15, 0.2) is 11.1 Å². The Labute approximate surface area is 88.1 Å². The number of halogens is 1. The standard InChI is InChI=1S/C10H16BrNO/c1-9(11)8-12-7-5-3-2-4-6-10(12)13/h1-8H2. The van der Waals surface area contributed by atoms with Crippen molar-refractivity contribution in [2.45, 2.75) is 32.1 Å². The summed E-state index contributed by atoms with van der Waals surface area (Å²) in [5.41, 5.74) is 0. The fourth-order valence-electron chi connectivity index (χ4n) is 1.59. The van der Waals surface area contributed by atoms with E-state index in [0.717, 1.165) is 23.9 Å². The molecule has 1 fully saturated rings. The molecule has 3 heteroatoms. The molecule has 1 saturated heterocycles. The molecule has 0 aromatic heterocycles. The van der Waals surface area contributed by atoms with E-state index in [1.807, 2.05) is 4.90 Å². The lowest BCUT2D eigenvalue weighted by atomic mass is 10.1. The van der Waals surface area contributed by atoms with Crippen molar-refractivity contribution in [1.82, 2.24) is 4.90 Å². The lowest BCUT2D eigenvalue weighted by molar-refractivity contribution is -0.131. The van der Waals surface area contributed by atoms with Crippen molar-refractivity contribution in [1.29, 1.82) is 0 Å². The van der Waals surface area contributed by atoms with Gasteiger partial charge in [0.1, 0.15) is 0 Å². The summed E-state index contributed by atoms with van der Waals surface area (Å²) in [5, 5.41) is 0. The number of nitrogens with zero attached hydrogens (tertiary/aromatic N) is 1. The molecule has 0 bridgehead atoms. The Morgan fingerprint density at radius 2 is 2.08 bits per heavy atom. The van der Waals surface area contributed by atoms with Crippen molar-refractivity contribution in [3.63, 3.8) is 0 Å². The third-order valence-corrected chi connectivity index (χ3v) is 2.53. The number of likely N-dealkylation sites (tertiary alicyclic amines) is 1. The summed E-state index contributed by atoms with van der Waals surface area (Å²) in [6.07, 6.45) is 5.34. The molecule has 0 aliphatic carbocycles. The van der Waals surface area contributed by atoms with Crippen molar-refractivity contribution in [2.75, 3.05) is 13.1 Å². The highest BCUT2D eigenvalue weighted by Crippen LogP contribution is 2.14. The fraction of sp³-hybridized carbons (Fsp3) is 0.700. The quantitative estimate of drug-likeness (QED) is 0.733. The Morgan fingerprint density at radius 3 is 2.77 bits per heavy atom. The van der Waals surface area contributed by atoms with Crippen LogP contribution in [0.25, 0.3) is 0 Å². The van der Waals surface area contributed by atoms with Gasteiger partial charge in [0.15, 0.2) is 0 Å². The second-order valence-corrected chi connectivity index (χ2v) is 4.62. The summed E-state index contributed by atoms with van der Waals surface area (Å²) in [7, 11) is 0. The summed E-state index contributed by atoms with van der Waals surface area (Å²) in [6, 6.07) is 0. The van der Waals surface area contributed by atoms with Gasteiger partial charge in [0.2, 0.25) is 5.91 Å². The first-order valence-corrected chi connectivity index (χ1v) is 5.60. The fourth-order valence-corrected chi connectivity index (χ4v) is 1.89. The Balaban J connectivity index is 2.46. The van der Waals surface area contributed by atoms with E-state index < -0.39 is 0 Å². The SMILES string of the molecule is C=C(Br)CN1CCCCCCC1=O. The van der Waals surface area contributed by atoms with Gasteiger partial charge in [-0.2, -0.15) is 0 Å². The molecule has 0 radical (unpaired) electrons. The minimum Gasteiger partial charge on any atom is -0.338 e. The van der Waals surface area contributed by atoms with Gasteiger partial charge < -0.3 is 4.90 Å². The monoisotopic (exact) mass is 245 g/mol. The van der Waals surface area contributed by atoms with E-state index in [1.165, 1.54) is 12.8 Å². The van der Waals surface area contributed by atoms with Crippen LogP contribution in [-0.2, 0) is 4.79 Å². The summed E-state index contributed by atoms with van der Waals surface area (Å²) in [4.78, 5) is 13.5. The van der Waals surface area contributed by atoms with Gasteiger partial charge in [-0.15, -0.1) is 0 Å². The van der Waals surface area contributed by atoms with Gasteiger partial charge in [0.05, 0.1) is 6.54 Å². The van der Waals surface area contributed by atoms with Crippen molar-refractivity contribution in [3.05, 3.63) is 11.1 Å². The highest BCUT2D eigenvalue weighted by atomic mass is 79.9. The lowest BCUT2D eigenvalue weighted by Gasteiger charge is -2.24. The number of carbonyl (C=O) groups excluding carboxylic acids is 1. The highest BCUT2D eigenvalue weighted by molar-refractivity contribution is 9.11. The second kappa shape index (κ2) is 5.43. The van der Waals surface area contributed by atoms with Crippen LogP contribution in [0.3, 0.4) is 0 Å². The van der Waals surface area contributed by atoms with Crippen molar-refractivity contribution in [3.8, 4) is 0 Å². The van der Waals surface area contributed by atoms with Crippen LogP contribution in [0.5, 0.6) is 0 Å². The van der Waals surface area contributed by atoms with Crippen LogP contribution in [0.4, 0.5) is 0 Å². The molecule has 0 unspecified atom stereocenters. The molecule has 74 valence electrons. The molecule has 1 aliphatic heterocycles. The summed E-state index contributed by atoms with van der Waals surface area (Å²) in [6.45, 7) is 5.32. The Morgan fingerprint density at radius 1 is 1.38 bits per heavy atom. The highest BCUT2D eigenvalue weighted by Gasteiger charge is 2.14. The molecule has 1 rings (SSSR count). The molecule has 0 spiro atoms. The molecule has 0 N–H and O–H groups in total. The van der Waals surface area contributed by atoms with Gasteiger partial charge in [-0.25, -0.2) is 0 Å². The van der Waals surface area contributed by atoms with Gasteiger partial charge in [0.25, 0.3) is 0 Å². The number of hydrogen-bond donors (Lipinski definition) is 0. The Kier molecular flexibility index (Phi) is 4.50. The molecule has 0 atom stereocenters. The third-order valence-electron chi connectivity index (χ3n) is 2.28. The first kappa shape index (κ1) is 10.8. The predicted molar refractivity (Wildman–Crippen MR) is 57.7 cm³/mol. The summed E-state index contributed by atoms with van der Waals surface area (Å²) in [5.74, 6) is 0.278. The van der Waals surface area contributed by atoms with Crippen LogP contribution in [-0.4, -0.2) is 23.9 Å². The van der Waals surface area contributed by atoms with Crippen molar-refractivity contribution in [2.24, 2.45) is 0 Å². The normalized spacial score (nSPS) is 19.5. The number of amides is 1. The number of hydrogen-bond acceptors (Lipinski definition) is 1. The van der Waals surface area contributed by atoms with Crippen LogP contribution in [0.2, 0.25) is 0 Å². The van der Waals surface area contributed by atoms with Gasteiger partial charge in [0, 0.05) is 17.4 Å². The van der Waals surface area contributed by atoms with Crippen molar-refractivity contribution < 1.29 is 4.79 Å². The van der Waals surface area contributed by atoms with E-state index in [1.54, 1.807) is 0 Å². The average Bonchev–Trinajstić information content (AvgIpc) is 2.04. The zero-order valence-corrected chi connectivity index (χ0v) is 9.48. The van der Waals surface area contributed by atoms with E-state index in [2.05, 4.69) is 22.5 Å². The maximum Gasteiger partial charge on any atom is 0.222 e. The van der Waals surface area contributed by atoms with Crippen molar-refractivity contribution >= 4 is 21.8 Å². The Hall–Kier alpha value is -0.310. The summed E-state index contributed by atoms with van der Waals surface area (Å²) < 4.78 is 0.890. The van der Waals surface area contributed by atoms with Crippen LogP contribution in [0, 0.1) is 0 Å². The second-order valence-electron chi connectivity index (χ2n) is 3.50. The molecule has 1 aliphatic rings. The largest absolute Gasteiger partial charge is 0.338 e. The minimum absolute atomic E-state index is 0.278. The van der Waals surface area contributed by atoms with Crippen LogP contribution < -0.4 is 0 Å². The van der Waals surface area contributed by atoms with Gasteiger partial charge >= 0.3 is 0 Å². The lowest BCUT2D eigenvalue weighted by Crippen LogP contribution is -2.33. The first-order valence-electron chi connectivity index (χ1n) is 4.81. The molecular weight excluding hydrogens is 230 g/mol. The van der Waals surface area contributed by atoms with Crippen LogP contribution in [0.1, 0.15) is 32.1 Å². The van der Waals surface area contributed by atoms with E-state index in [9.17, 15) is 4.79 Å². The third kappa shape index (κ3) is 3.94. The zero-order valence-electron chi connectivity index (χ0n) is 7.89. The van der Waals surface area contributed by atoms with E-state index >= 15 is 0 Å². The van der Waals surface area contributed by atoms with E-state index in [4.69, 9.17) is 0 Å². The maximum absolute atomic E-state index is 11.6. The smallest absolute Gasteiger partial charge is 0.222 e. The molecule has 0 aromatic carbocycles. The number of rotatable bonds is 2. The maximum atomic E-state index is 11.6. The Bertz CT molecular complexity index is 203.